The summed E-state index contributed by atoms with van der Waals surface area (Å²) in [5, 5.41) is 12.1. The number of carboxylic acid groups (broad SMARTS) is 1. The first-order valence-electron chi connectivity index (χ1n) is 8.36. The minimum Gasteiger partial charge on any atom is -0.481 e. The van der Waals surface area contributed by atoms with Gasteiger partial charge in [-0.05, 0) is 44.3 Å². The second kappa shape index (κ2) is 6.71. The number of hydrogen-bond donors (Lipinski definition) is 2. The fraction of sp³-hybridized carbons (Fsp3) is 0.556. The van der Waals surface area contributed by atoms with Gasteiger partial charge in [-0.3, -0.25) is 14.5 Å². The average Bonchev–Trinajstić information content (AvgIpc) is 3.36. The van der Waals surface area contributed by atoms with Crippen molar-refractivity contribution in [2.75, 3.05) is 26.2 Å². The Bertz CT molecular complexity index is 561. The number of amides is 1. The SMILES string of the molecule is O=C(CN1CCC(C(=O)O)CC1)NCC1(c2ccccc2)CC1. The van der Waals surface area contributed by atoms with Crippen LogP contribution in [0.4, 0.5) is 0 Å². The average molecular weight is 316 g/mol. The smallest absolute Gasteiger partial charge is 0.306 e. The molecule has 1 amide bonds. The maximum atomic E-state index is 12.2. The standard InChI is InChI=1S/C18H24N2O3/c21-16(12-20-10-6-14(7-11-20)17(22)23)19-13-18(8-9-18)15-4-2-1-3-5-15/h1-5,14H,6-13H2,(H,19,21)(H,22,23). The predicted octanol–water partition coefficient (Wildman–Crippen LogP) is 1.63. The van der Waals surface area contributed by atoms with E-state index in [9.17, 15) is 9.59 Å². The van der Waals surface area contributed by atoms with Crippen molar-refractivity contribution in [2.45, 2.75) is 31.1 Å². The summed E-state index contributed by atoms with van der Waals surface area (Å²) in [6.07, 6.45) is 3.52. The van der Waals surface area contributed by atoms with Crippen molar-refractivity contribution in [1.29, 1.82) is 0 Å². The summed E-state index contributed by atoms with van der Waals surface area (Å²) < 4.78 is 0. The number of hydrogen-bond acceptors (Lipinski definition) is 3. The van der Waals surface area contributed by atoms with Crippen molar-refractivity contribution in [2.24, 2.45) is 5.92 Å². The predicted molar refractivity (Wildman–Crippen MR) is 87.2 cm³/mol. The number of carbonyl (C=O) groups is 2. The molecule has 0 radical (unpaired) electrons. The molecule has 2 fully saturated rings. The molecule has 0 aromatic heterocycles. The lowest BCUT2D eigenvalue weighted by Crippen LogP contribution is -2.44. The van der Waals surface area contributed by atoms with E-state index in [4.69, 9.17) is 5.11 Å². The molecule has 2 aliphatic rings. The van der Waals surface area contributed by atoms with Crippen LogP contribution in [0, 0.1) is 5.92 Å². The van der Waals surface area contributed by atoms with E-state index >= 15 is 0 Å². The molecule has 0 atom stereocenters. The monoisotopic (exact) mass is 316 g/mol. The molecule has 0 unspecified atom stereocenters. The van der Waals surface area contributed by atoms with Crippen LogP contribution in [-0.4, -0.2) is 48.1 Å². The van der Waals surface area contributed by atoms with Crippen LogP contribution < -0.4 is 5.32 Å². The van der Waals surface area contributed by atoms with E-state index < -0.39 is 5.97 Å². The Balaban J connectivity index is 1.43. The largest absolute Gasteiger partial charge is 0.481 e. The van der Waals surface area contributed by atoms with Gasteiger partial charge in [-0.25, -0.2) is 0 Å². The molecule has 1 aliphatic carbocycles. The van der Waals surface area contributed by atoms with Crippen LogP contribution in [0.2, 0.25) is 0 Å². The van der Waals surface area contributed by atoms with Gasteiger partial charge in [0.25, 0.3) is 0 Å². The van der Waals surface area contributed by atoms with Crippen molar-refractivity contribution in [3.63, 3.8) is 0 Å². The van der Waals surface area contributed by atoms with Crippen LogP contribution in [0.1, 0.15) is 31.2 Å². The molecule has 2 N–H and O–H groups in total. The van der Waals surface area contributed by atoms with Crippen molar-refractivity contribution in [3.05, 3.63) is 35.9 Å². The number of benzene rings is 1. The van der Waals surface area contributed by atoms with Gasteiger partial charge in [-0.2, -0.15) is 0 Å². The zero-order valence-electron chi connectivity index (χ0n) is 13.3. The molecule has 0 bridgehead atoms. The Hall–Kier alpha value is -1.88. The van der Waals surface area contributed by atoms with Gasteiger partial charge in [-0.1, -0.05) is 30.3 Å². The number of carbonyl (C=O) groups excluding carboxylic acids is 1. The topological polar surface area (TPSA) is 69.6 Å². The van der Waals surface area contributed by atoms with Gasteiger partial charge in [0, 0.05) is 12.0 Å². The number of carboxylic acids is 1. The number of piperidine rings is 1. The van der Waals surface area contributed by atoms with Gasteiger partial charge in [0.1, 0.15) is 0 Å². The zero-order valence-corrected chi connectivity index (χ0v) is 13.3. The van der Waals surface area contributed by atoms with E-state index in [0.717, 1.165) is 12.8 Å². The molecule has 5 nitrogen and oxygen atoms in total. The Kier molecular flexibility index (Phi) is 4.66. The van der Waals surface area contributed by atoms with Crippen molar-refractivity contribution >= 4 is 11.9 Å². The summed E-state index contributed by atoms with van der Waals surface area (Å²) in [6, 6.07) is 10.4. The minimum absolute atomic E-state index is 0.0426. The molecule has 1 aliphatic heterocycles. The summed E-state index contributed by atoms with van der Waals surface area (Å²) >= 11 is 0. The first-order valence-corrected chi connectivity index (χ1v) is 8.36. The molecule has 1 aromatic rings. The molecule has 1 aromatic carbocycles. The normalized spacial score (nSPS) is 20.9. The van der Waals surface area contributed by atoms with E-state index in [-0.39, 0.29) is 17.2 Å². The summed E-state index contributed by atoms with van der Waals surface area (Å²) in [6.45, 7) is 2.45. The highest BCUT2D eigenvalue weighted by Crippen LogP contribution is 2.47. The Labute approximate surface area is 136 Å². The molecular formula is C18H24N2O3. The van der Waals surface area contributed by atoms with Gasteiger partial charge in [0.05, 0.1) is 12.5 Å². The van der Waals surface area contributed by atoms with Crippen molar-refractivity contribution in [1.82, 2.24) is 10.2 Å². The number of rotatable bonds is 6. The highest BCUT2D eigenvalue weighted by atomic mass is 16.4. The quantitative estimate of drug-likeness (QED) is 0.837. The molecule has 5 heteroatoms. The molecule has 1 heterocycles. The number of nitrogens with one attached hydrogen (secondary N) is 1. The summed E-state index contributed by atoms with van der Waals surface area (Å²) in [5.74, 6) is -0.921. The molecule has 3 rings (SSSR count). The fourth-order valence-corrected chi connectivity index (χ4v) is 3.37. The lowest BCUT2D eigenvalue weighted by atomic mass is 9.96. The number of aliphatic carboxylic acids is 1. The van der Waals surface area contributed by atoms with E-state index in [2.05, 4.69) is 22.3 Å². The van der Waals surface area contributed by atoms with Crippen LogP contribution in [-0.2, 0) is 15.0 Å². The fourth-order valence-electron chi connectivity index (χ4n) is 3.37. The van der Waals surface area contributed by atoms with Crippen LogP contribution in [0.25, 0.3) is 0 Å². The Morgan fingerprint density at radius 2 is 1.83 bits per heavy atom. The first-order chi connectivity index (χ1) is 11.1. The summed E-state index contributed by atoms with van der Waals surface area (Å²) in [7, 11) is 0. The van der Waals surface area contributed by atoms with E-state index in [1.54, 1.807) is 0 Å². The van der Waals surface area contributed by atoms with Crippen molar-refractivity contribution < 1.29 is 14.7 Å². The summed E-state index contributed by atoms with van der Waals surface area (Å²) in [5.41, 5.74) is 1.44. The van der Waals surface area contributed by atoms with Crippen LogP contribution in [0.3, 0.4) is 0 Å². The van der Waals surface area contributed by atoms with Gasteiger partial charge in [0.2, 0.25) is 5.91 Å². The highest BCUT2D eigenvalue weighted by molar-refractivity contribution is 5.78. The lowest BCUT2D eigenvalue weighted by Gasteiger charge is -2.29. The van der Waals surface area contributed by atoms with Crippen LogP contribution in [0.5, 0.6) is 0 Å². The molecule has 124 valence electrons. The van der Waals surface area contributed by atoms with E-state index in [1.165, 1.54) is 5.56 Å². The Morgan fingerprint density at radius 1 is 1.17 bits per heavy atom. The third-order valence-corrected chi connectivity index (χ3v) is 5.17. The zero-order chi connectivity index (χ0) is 16.3. The first kappa shape index (κ1) is 16.0. The van der Waals surface area contributed by atoms with Crippen LogP contribution in [0.15, 0.2) is 30.3 Å². The molecule has 23 heavy (non-hydrogen) atoms. The van der Waals surface area contributed by atoms with Gasteiger partial charge < -0.3 is 10.4 Å². The van der Waals surface area contributed by atoms with E-state index in [0.29, 0.717) is 39.0 Å². The molecule has 1 saturated carbocycles. The minimum atomic E-state index is -0.715. The highest BCUT2D eigenvalue weighted by Gasteiger charge is 2.44. The van der Waals surface area contributed by atoms with Gasteiger partial charge in [-0.15, -0.1) is 0 Å². The second-order valence-electron chi connectivity index (χ2n) is 6.81. The van der Waals surface area contributed by atoms with Gasteiger partial charge in [0.15, 0.2) is 0 Å². The molecular weight excluding hydrogens is 292 g/mol. The van der Waals surface area contributed by atoms with Gasteiger partial charge >= 0.3 is 5.97 Å². The van der Waals surface area contributed by atoms with Crippen molar-refractivity contribution in [3.8, 4) is 0 Å². The third kappa shape index (κ3) is 3.91. The van der Waals surface area contributed by atoms with E-state index in [1.807, 2.05) is 18.2 Å². The summed E-state index contributed by atoms with van der Waals surface area (Å²) in [4.78, 5) is 25.2. The molecule has 0 spiro atoms. The second-order valence-corrected chi connectivity index (χ2v) is 6.81. The van der Waals surface area contributed by atoms with Crippen LogP contribution >= 0.6 is 0 Å². The maximum Gasteiger partial charge on any atom is 0.306 e. The Morgan fingerprint density at radius 3 is 2.39 bits per heavy atom. The maximum absolute atomic E-state index is 12.2. The lowest BCUT2D eigenvalue weighted by molar-refractivity contribution is -0.143. The third-order valence-electron chi connectivity index (χ3n) is 5.17. The number of likely N-dealkylation sites (tertiary alicyclic amines) is 1. The number of nitrogens with zero attached hydrogens (tertiary/aromatic N) is 1. The molecule has 1 saturated heterocycles.